The molecule has 2 heterocycles. The van der Waals surface area contributed by atoms with Crippen LogP contribution in [0.1, 0.15) is 24.1 Å². The average Bonchev–Trinajstić information content (AvgIpc) is 2.99. The molecular formula is C11H17NO4S2. The first kappa shape index (κ1) is 14.0. The number of sulfonamides is 1. The van der Waals surface area contributed by atoms with E-state index in [4.69, 9.17) is 9.84 Å². The Labute approximate surface area is 111 Å². The van der Waals surface area contributed by atoms with Crippen LogP contribution in [0.2, 0.25) is 0 Å². The fraction of sp³-hybridized carbons (Fsp3) is 0.636. The van der Waals surface area contributed by atoms with Gasteiger partial charge in [0.15, 0.2) is 0 Å². The summed E-state index contributed by atoms with van der Waals surface area (Å²) in [6.45, 7) is 0.893. The van der Waals surface area contributed by atoms with Crippen LogP contribution in [0.15, 0.2) is 16.3 Å². The van der Waals surface area contributed by atoms with Crippen LogP contribution < -0.4 is 4.72 Å². The number of aliphatic hydroxyl groups is 1. The van der Waals surface area contributed by atoms with Gasteiger partial charge in [-0.15, -0.1) is 11.3 Å². The van der Waals surface area contributed by atoms with Gasteiger partial charge in [-0.2, -0.15) is 0 Å². The fourth-order valence-corrected chi connectivity index (χ4v) is 4.33. The summed E-state index contributed by atoms with van der Waals surface area (Å²) >= 11 is 1.24. The van der Waals surface area contributed by atoms with Crippen LogP contribution >= 0.6 is 11.3 Å². The van der Waals surface area contributed by atoms with Gasteiger partial charge >= 0.3 is 0 Å². The van der Waals surface area contributed by atoms with E-state index in [2.05, 4.69) is 4.72 Å². The number of hydrogen-bond acceptors (Lipinski definition) is 5. The predicted octanol–water partition coefficient (Wildman–Crippen LogP) is 1.09. The molecule has 1 unspecified atom stereocenters. The molecule has 1 fully saturated rings. The van der Waals surface area contributed by atoms with E-state index in [0.29, 0.717) is 17.8 Å². The second-order valence-electron chi connectivity index (χ2n) is 4.19. The van der Waals surface area contributed by atoms with Gasteiger partial charge in [-0.3, -0.25) is 0 Å². The monoisotopic (exact) mass is 291 g/mol. The molecule has 0 spiro atoms. The Hall–Kier alpha value is -0.470. The Kier molecular flexibility index (Phi) is 4.74. The molecule has 0 radical (unpaired) electrons. The van der Waals surface area contributed by atoms with Crippen molar-refractivity contribution < 1.29 is 18.3 Å². The first-order valence-electron chi connectivity index (χ1n) is 5.92. The number of aliphatic hydroxyl groups excluding tert-OH is 1. The quantitative estimate of drug-likeness (QED) is 0.822. The lowest BCUT2D eigenvalue weighted by Gasteiger charge is -2.10. The van der Waals surface area contributed by atoms with E-state index in [1.807, 2.05) is 0 Å². The third-order valence-corrected chi connectivity index (χ3v) is 5.50. The van der Waals surface area contributed by atoms with E-state index in [1.165, 1.54) is 17.4 Å². The Bertz CT molecular complexity index is 477. The van der Waals surface area contributed by atoms with Gasteiger partial charge in [-0.1, -0.05) is 0 Å². The Morgan fingerprint density at radius 2 is 2.39 bits per heavy atom. The van der Waals surface area contributed by atoms with Crippen molar-refractivity contribution in [3.63, 3.8) is 0 Å². The molecule has 5 nitrogen and oxygen atoms in total. The summed E-state index contributed by atoms with van der Waals surface area (Å²) in [7, 11) is -3.51. The van der Waals surface area contributed by atoms with E-state index in [9.17, 15) is 8.42 Å². The van der Waals surface area contributed by atoms with Crippen molar-refractivity contribution in [1.29, 1.82) is 0 Å². The van der Waals surface area contributed by atoms with Crippen molar-refractivity contribution in [2.75, 3.05) is 13.2 Å². The predicted molar refractivity (Wildman–Crippen MR) is 69.0 cm³/mol. The molecule has 0 saturated carbocycles. The SMILES string of the molecule is O=S(=O)(NCCC1CCCO1)c1ccsc1CO. The van der Waals surface area contributed by atoms with Crippen molar-refractivity contribution in [3.8, 4) is 0 Å². The number of ether oxygens (including phenoxy) is 1. The zero-order chi connectivity index (χ0) is 13.0. The minimum atomic E-state index is -3.51. The highest BCUT2D eigenvalue weighted by Crippen LogP contribution is 2.22. The third kappa shape index (κ3) is 3.30. The summed E-state index contributed by atoms with van der Waals surface area (Å²) in [6.07, 6.45) is 2.92. The van der Waals surface area contributed by atoms with Gasteiger partial charge in [0.2, 0.25) is 10.0 Å². The Balaban J connectivity index is 1.91. The maximum Gasteiger partial charge on any atom is 0.241 e. The largest absolute Gasteiger partial charge is 0.391 e. The molecular weight excluding hydrogens is 274 g/mol. The minimum absolute atomic E-state index is 0.174. The van der Waals surface area contributed by atoms with Crippen LogP contribution in [-0.2, 0) is 21.4 Å². The fourth-order valence-electron chi connectivity index (χ4n) is 1.99. The number of nitrogens with one attached hydrogen (secondary N) is 1. The third-order valence-electron chi connectivity index (χ3n) is 2.92. The molecule has 1 aromatic heterocycles. The highest BCUT2D eigenvalue weighted by Gasteiger charge is 2.20. The van der Waals surface area contributed by atoms with E-state index in [1.54, 1.807) is 5.38 Å². The smallest absolute Gasteiger partial charge is 0.241 e. The van der Waals surface area contributed by atoms with Gasteiger partial charge in [0.25, 0.3) is 0 Å². The summed E-state index contributed by atoms with van der Waals surface area (Å²) in [5.41, 5.74) is 0. The van der Waals surface area contributed by atoms with Gasteiger partial charge in [0.1, 0.15) is 0 Å². The lowest BCUT2D eigenvalue weighted by atomic mass is 10.2. The molecule has 2 rings (SSSR count). The summed E-state index contributed by atoms with van der Waals surface area (Å²) in [4.78, 5) is 0.655. The number of thiophene rings is 1. The Morgan fingerprint density at radius 1 is 1.56 bits per heavy atom. The molecule has 0 bridgehead atoms. The van der Waals surface area contributed by atoms with Gasteiger partial charge in [-0.25, -0.2) is 13.1 Å². The normalized spacial score (nSPS) is 20.4. The summed E-state index contributed by atoms with van der Waals surface area (Å²) in [6, 6.07) is 1.52. The van der Waals surface area contributed by atoms with Crippen molar-refractivity contribution in [1.82, 2.24) is 4.72 Å². The molecule has 1 atom stereocenters. The van der Waals surface area contributed by atoms with Crippen molar-refractivity contribution in [2.24, 2.45) is 0 Å². The zero-order valence-corrected chi connectivity index (χ0v) is 11.6. The van der Waals surface area contributed by atoms with Crippen LogP contribution in [0.5, 0.6) is 0 Å². The molecule has 2 N–H and O–H groups in total. The maximum absolute atomic E-state index is 12.0. The van der Waals surface area contributed by atoms with Crippen molar-refractivity contribution in [2.45, 2.75) is 36.9 Å². The zero-order valence-electron chi connectivity index (χ0n) is 9.96. The second kappa shape index (κ2) is 6.12. The van der Waals surface area contributed by atoms with Crippen LogP contribution in [0, 0.1) is 0 Å². The summed E-state index contributed by atoms with van der Waals surface area (Å²) in [5, 5.41) is 10.7. The van der Waals surface area contributed by atoms with Crippen LogP contribution in [-0.4, -0.2) is 32.8 Å². The van der Waals surface area contributed by atoms with Gasteiger partial charge in [-0.05, 0) is 30.7 Å². The molecule has 7 heteroatoms. The van der Waals surface area contributed by atoms with E-state index < -0.39 is 10.0 Å². The molecule has 0 aromatic carbocycles. The van der Waals surface area contributed by atoms with Crippen molar-refractivity contribution >= 4 is 21.4 Å². The lowest BCUT2D eigenvalue weighted by molar-refractivity contribution is 0.105. The van der Waals surface area contributed by atoms with Crippen LogP contribution in [0.25, 0.3) is 0 Å². The highest BCUT2D eigenvalue weighted by molar-refractivity contribution is 7.89. The highest BCUT2D eigenvalue weighted by atomic mass is 32.2. The van der Waals surface area contributed by atoms with E-state index in [-0.39, 0.29) is 17.6 Å². The topological polar surface area (TPSA) is 75.6 Å². The minimum Gasteiger partial charge on any atom is -0.391 e. The molecule has 1 aromatic rings. The van der Waals surface area contributed by atoms with Gasteiger partial charge in [0, 0.05) is 18.0 Å². The van der Waals surface area contributed by atoms with Crippen LogP contribution in [0.3, 0.4) is 0 Å². The van der Waals surface area contributed by atoms with E-state index >= 15 is 0 Å². The van der Waals surface area contributed by atoms with Gasteiger partial charge < -0.3 is 9.84 Å². The standard InChI is InChI=1S/C11H17NO4S2/c13-8-10-11(4-7-17-10)18(14,15)12-5-3-9-2-1-6-16-9/h4,7,9,12-13H,1-3,5-6,8H2. The molecule has 102 valence electrons. The molecule has 0 aliphatic carbocycles. The number of rotatable bonds is 6. The number of hydrogen-bond donors (Lipinski definition) is 2. The van der Waals surface area contributed by atoms with Crippen LogP contribution in [0.4, 0.5) is 0 Å². The van der Waals surface area contributed by atoms with E-state index in [0.717, 1.165) is 19.4 Å². The molecule has 0 amide bonds. The first-order chi connectivity index (χ1) is 8.63. The lowest BCUT2D eigenvalue weighted by Crippen LogP contribution is -2.27. The van der Waals surface area contributed by atoms with Crippen molar-refractivity contribution in [3.05, 3.63) is 16.3 Å². The Morgan fingerprint density at radius 3 is 3.06 bits per heavy atom. The van der Waals surface area contributed by atoms with Gasteiger partial charge in [0.05, 0.1) is 17.6 Å². The average molecular weight is 291 g/mol. The summed E-state index contributed by atoms with van der Waals surface area (Å²) in [5.74, 6) is 0. The molecule has 1 saturated heterocycles. The maximum atomic E-state index is 12.0. The molecule has 1 aliphatic heterocycles. The summed E-state index contributed by atoms with van der Waals surface area (Å²) < 4.78 is 32.0. The molecule has 1 aliphatic rings. The first-order valence-corrected chi connectivity index (χ1v) is 8.28. The molecule has 18 heavy (non-hydrogen) atoms. The second-order valence-corrected chi connectivity index (χ2v) is 6.92.